The topological polar surface area (TPSA) is 44.2 Å². The molecule has 0 N–H and O–H groups in total. The van der Waals surface area contributed by atoms with Gasteiger partial charge in [-0.15, -0.1) is 0 Å². The van der Waals surface area contributed by atoms with Crippen molar-refractivity contribution in [1.29, 1.82) is 0 Å². The molecule has 0 radical (unpaired) electrons. The van der Waals surface area contributed by atoms with E-state index in [1.54, 1.807) is 14.2 Å². The van der Waals surface area contributed by atoms with Crippen molar-refractivity contribution in [2.75, 3.05) is 14.2 Å². The molecule has 0 bridgehead atoms. The Morgan fingerprint density at radius 2 is 1.50 bits per heavy atom. The summed E-state index contributed by atoms with van der Waals surface area (Å²) in [4.78, 5) is 8.18. The number of nitrogens with zero attached hydrogens (tertiary/aromatic N) is 2. The standard InChI is InChI=1S/C18H18N2O2/c1-12-16(8-13-9-19-11-20-10-13)18(22-3)15-7-5-4-6-14(15)17(12)21-2/h4-7,9-11H,8H2,1-3H3. The second-order valence-electron chi connectivity index (χ2n) is 5.14. The van der Waals surface area contributed by atoms with Gasteiger partial charge < -0.3 is 9.47 Å². The SMILES string of the molecule is COc1c(C)c(Cc2cncnc2)c(OC)c2ccccc12. The highest BCUT2D eigenvalue weighted by molar-refractivity contribution is 5.96. The van der Waals surface area contributed by atoms with E-state index < -0.39 is 0 Å². The molecule has 3 rings (SSSR count). The van der Waals surface area contributed by atoms with Crippen LogP contribution in [-0.4, -0.2) is 24.2 Å². The van der Waals surface area contributed by atoms with E-state index in [1.807, 2.05) is 24.5 Å². The summed E-state index contributed by atoms with van der Waals surface area (Å²) in [6.07, 6.45) is 5.90. The van der Waals surface area contributed by atoms with Crippen LogP contribution in [0.5, 0.6) is 11.5 Å². The van der Waals surface area contributed by atoms with E-state index >= 15 is 0 Å². The van der Waals surface area contributed by atoms with Gasteiger partial charge in [0.15, 0.2) is 0 Å². The molecule has 0 aliphatic carbocycles. The van der Waals surface area contributed by atoms with Gasteiger partial charge in [0.05, 0.1) is 14.2 Å². The van der Waals surface area contributed by atoms with E-state index in [2.05, 4.69) is 29.0 Å². The number of methoxy groups -OCH3 is 2. The molecule has 22 heavy (non-hydrogen) atoms. The number of hydrogen-bond acceptors (Lipinski definition) is 4. The van der Waals surface area contributed by atoms with Gasteiger partial charge in [-0.3, -0.25) is 0 Å². The van der Waals surface area contributed by atoms with E-state index in [0.717, 1.165) is 39.0 Å². The van der Waals surface area contributed by atoms with Gasteiger partial charge in [0.25, 0.3) is 0 Å². The number of fused-ring (bicyclic) bond motifs is 1. The van der Waals surface area contributed by atoms with Gasteiger partial charge >= 0.3 is 0 Å². The van der Waals surface area contributed by atoms with Crippen molar-refractivity contribution in [1.82, 2.24) is 9.97 Å². The maximum absolute atomic E-state index is 5.71. The predicted octanol–water partition coefficient (Wildman–Crippen LogP) is 3.55. The summed E-state index contributed by atoms with van der Waals surface area (Å²) in [6, 6.07) is 8.13. The minimum atomic E-state index is 0.705. The molecule has 0 fully saturated rings. The average molecular weight is 294 g/mol. The molecule has 2 aromatic carbocycles. The molecular formula is C18H18N2O2. The highest BCUT2D eigenvalue weighted by atomic mass is 16.5. The van der Waals surface area contributed by atoms with Crippen molar-refractivity contribution in [2.24, 2.45) is 0 Å². The lowest BCUT2D eigenvalue weighted by Gasteiger charge is -2.18. The lowest BCUT2D eigenvalue weighted by atomic mass is 9.95. The maximum Gasteiger partial charge on any atom is 0.130 e. The van der Waals surface area contributed by atoms with Crippen molar-refractivity contribution in [3.05, 3.63) is 59.7 Å². The molecule has 0 saturated carbocycles. The van der Waals surface area contributed by atoms with Crippen molar-refractivity contribution in [3.8, 4) is 11.5 Å². The van der Waals surface area contributed by atoms with Crippen LogP contribution in [-0.2, 0) is 6.42 Å². The summed E-state index contributed by atoms with van der Waals surface area (Å²) >= 11 is 0. The normalized spacial score (nSPS) is 10.7. The highest BCUT2D eigenvalue weighted by Crippen LogP contribution is 2.41. The lowest BCUT2D eigenvalue weighted by Crippen LogP contribution is -2.02. The molecule has 4 heteroatoms. The Kier molecular flexibility index (Phi) is 3.92. The predicted molar refractivity (Wildman–Crippen MR) is 86.6 cm³/mol. The summed E-state index contributed by atoms with van der Waals surface area (Å²) < 4.78 is 11.4. The second-order valence-corrected chi connectivity index (χ2v) is 5.14. The van der Waals surface area contributed by atoms with Gasteiger partial charge in [-0.1, -0.05) is 24.3 Å². The number of ether oxygens (including phenoxy) is 2. The van der Waals surface area contributed by atoms with Gasteiger partial charge in [-0.25, -0.2) is 9.97 Å². The van der Waals surface area contributed by atoms with Crippen LogP contribution in [0, 0.1) is 6.92 Å². The smallest absolute Gasteiger partial charge is 0.130 e. The average Bonchev–Trinajstić information content (AvgIpc) is 2.57. The Labute approximate surface area is 129 Å². The van der Waals surface area contributed by atoms with E-state index in [0.29, 0.717) is 6.42 Å². The Bertz CT molecular complexity index is 801. The molecule has 0 aliphatic heterocycles. The molecular weight excluding hydrogens is 276 g/mol. The Balaban J connectivity index is 2.26. The fourth-order valence-corrected chi connectivity index (χ4v) is 2.89. The highest BCUT2D eigenvalue weighted by Gasteiger charge is 2.18. The first-order chi connectivity index (χ1) is 10.8. The Hall–Kier alpha value is -2.62. The molecule has 0 aliphatic rings. The number of aromatic nitrogens is 2. The zero-order valence-electron chi connectivity index (χ0n) is 13.0. The first-order valence-electron chi connectivity index (χ1n) is 7.12. The van der Waals surface area contributed by atoms with Crippen LogP contribution in [0.4, 0.5) is 0 Å². The fourth-order valence-electron chi connectivity index (χ4n) is 2.89. The van der Waals surface area contributed by atoms with Crippen LogP contribution in [0.1, 0.15) is 16.7 Å². The summed E-state index contributed by atoms with van der Waals surface area (Å²) in [5.74, 6) is 1.78. The Morgan fingerprint density at radius 1 is 0.909 bits per heavy atom. The third-order valence-electron chi connectivity index (χ3n) is 3.89. The molecule has 0 amide bonds. The van der Waals surface area contributed by atoms with Crippen molar-refractivity contribution < 1.29 is 9.47 Å². The molecule has 1 heterocycles. The first kappa shape index (κ1) is 14.3. The number of benzene rings is 2. The summed E-state index contributed by atoms with van der Waals surface area (Å²) in [5.41, 5.74) is 3.23. The van der Waals surface area contributed by atoms with Crippen molar-refractivity contribution in [3.63, 3.8) is 0 Å². The van der Waals surface area contributed by atoms with E-state index in [-0.39, 0.29) is 0 Å². The van der Waals surface area contributed by atoms with E-state index in [9.17, 15) is 0 Å². The third kappa shape index (κ3) is 2.37. The molecule has 0 saturated heterocycles. The number of rotatable bonds is 4. The molecule has 0 spiro atoms. The van der Waals surface area contributed by atoms with Crippen molar-refractivity contribution >= 4 is 10.8 Å². The zero-order valence-corrected chi connectivity index (χ0v) is 13.0. The summed E-state index contributed by atoms with van der Waals surface area (Å²) in [5, 5.41) is 2.12. The Morgan fingerprint density at radius 3 is 2.09 bits per heavy atom. The molecule has 4 nitrogen and oxygen atoms in total. The van der Waals surface area contributed by atoms with Crippen LogP contribution < -0.4 is 9.47 Å². The largest absolute Gasteiger partial charge is 0.496 e. The number of hydrogen-bond donors (Lipinski definition) is 0. The zero-order chi connectivity index (χ0) is 15.5. The molecule has 112 valence electrons. The summed E-state index contributed by atoms with van der Waals surface area (Å²) in [6.45, 7) is 2.06. The van der Waals surface area contributed by atoms with Gasteiger partial charge in [0.1, 0.15) is 17.8 Å². The van der Waals surface area contributed by atoms with Gasteiger partial charge in [0, 0.05) is 35.2 Å². The monoisotopic (exact) mass is 294 g/mol. The second kappa shape index (κ2) is 6.02. The quantitative estimate of drug-likeness (QED) is 0.738. The van der Waals surface area contributed by atoms with Crippen LogP contribution in [0.15, 0.2) is 43.0 Å². The third-order valence-corrected chi connectivity index (χ3v) is 3.89. The van der Waals surface area contributed by atoms with Crippen molar-refractivity contribution in [2.45, 2.75) is 13.3 Å². The molecule has 0 unspecified atom stereocenters. The maximum atomic E-state index is 5.71. The van der Waals surface area contributed by atoms with E-state index in [1.165, 1.54) is 6.33 Å². The fraction of sp³-hybridized carbons (Fsp3) is 0.222. The summed E-state index contributed by atoms with van der Waals surface area (Å²) in [7, 11) is 3.41. The van der Waals surface area contributed by atoms with Gasteiger partial charge in [-0.05, 0) is 18.1 Å². The first-order valence-corrected chi connectivity index (χ1v) is 7.12. The minimum absolute atomic E-state index is 0.705. The van der Waals surface area contributed by atoms with E-state index in [4.69, 9.17) is 9.47 Å². The van der Waals surface area contributed by atoms with Crippen LogP contribution in [0.2, 0.25) is 0 Å². The van der Waals surface area contributed by atoms with Crippen LogP contribution in [0.25, 0.3) is 10.8 Å². The van der Waals surface area contributed by atoms with Crippen LogP contribution >= 0.6 is 0 Å². The molecule has 0 atom stereocenters. The van der Waals surface area contributed by atoms with Crippen LogP contribution in [0.3, 0.4) is 0 Å². The minimum Gasteiger partial charge on any atom is -0.496 e. The molecule has 1 aromatic heterocycles. The lowest BCUT2D eigenvalue weighted by molar-refractivity contribution is 0.404. The van der Waals surface area contributed by atoms with Gasteiger partial charge in [0.2, 0.25) is 0 Å². The molecule has 3 aromatic rings. The van der Waals surface area contributed by atoms with Gasteiger partial charge in [-0.2, -0.15) is 0 Å².